The summed E-state index contributed by atoms with van der Waals surface area (Å²) in [6, 6.07) is 0. The third kappa shape index (κ3) is 19.7. The molecule has 17 nitrogen and oxygen atoms in total. The van der Waals surface area contributed by atoms with Crippen LogP contribution in [0.25, 0.3) is 0 Å². The fourth-order valence-corrected chi connectivity index (χ4v) is 0.722. The van der Waals surface area contributed by atoms with Crippen LogP contribution in [-0.4, -0.2) is 6.54 Å². The minimum atomic E-state index is 0.849. The second-order valence-corrected chi connectivity index (χ2v) is 3.14. The fourth-order valence-electron chi connectivity index (χ4n) is 0.666. The topological polar surface area (TPSA) is 205 Å². The molecule has 0 spiro atoms. The van der Waals surface area contributed by atoms with E-state index in [1.54, 1.807) is 0 Å². The predicted octanol–water partition coefficient (Wildman–Crippen LogP) is -7.10. The molecule has 17 N–H and O–H groups in total. The number of hydrogen-bond acceptors (Lipinski definition) is 18. The van der Waals surface area contributed by atoms with Crippen molar-refractivity contribution in [2.24, 2.45) is 0 Å². The Labute approximate surface area is 127 Å². The lowest BCUT2D eigenvalue weighted by Crippen LogP contribution is -2.68. The Bertz CT molecular complexity index is 161. The number of rotatable bonds is 18. The molecule has 0 saturated carbocycles. The largest absolute Gasteiger partial charge is 0.243 e. The van der Waals surface area contributed by atoms with Crippen molar-refractivity contribution in [1.29, 1.82) is 0 Å². The van der Waals surface area contributed by atoms with E-state index in [9.17, 15) is 0 Å². The van der Waals surface area contributed by atoms with E-state index < -0.39 is 0 Å². The lowest BCUT2D eigenvalue weighted by molar-refractivity contribution is 0.201. The van der Waals surface area contributed by atoms with E-state index in [1.807, 2.05) is 0 Å². The molecular weight excluding hydrogens is 306 g/mol. The van der Waals surface area contributed by atoms with Crippen LogP contribution in [-0.2, 0) is 0 Å². The third-order valence-electron chi connectivity index (χ3n) is 1.39. The molecule has 128 valence electrons. The van der Waals surface area contributed by atoms with Crippen molar-refractivity contribution in [3.63, 3.8) is 0 Å². The highest BCUT2D eigenvalue weighted by atomic mass is 32.1. The van der Waals surface area contributed by atoms with Crippen LogP contribution in [0, 0.1) is 0 Å². The molecule has 0 aromatic rings. The van der Waals surface area contributed by atoms with E-state index in [0.717, 1.165) is 13.0 Å². The minimum Gasteiger partial charge on any atom is -0.243 e. The first-order valence-corrected chi connectivity index (χ1v) is 6.23. The number of nitrogens with one attached hydrogen (secondary N) is 17. The van der Waals surface area contributed by atoms with Crippen molar-refractivity contribution in [1.82, 2.24) is 93.3 Å². The maximum Gasteiger partial charge on any atom is 0.0111 e. The summed E-state index contributed by atoms with van der Waals surface area (Å²) in [6.45, 7) is 2.91. The normalized spacial score (nSPS) is 11.1. The highest BCUT2D eigenvalue weighted by molar-refractivity contribution is 7.78. The summed E-state index contributed by atoms with van der Waals surface area (Å²) in [4.78, 5) is 2.33. The summed E-state index contributed by atoms with van der Waals surface area (Å²) >= 11 is 3.66. The Hall–Kier alpha value is -0.330. The Morgan fingerprint density at radius 2 is 0.857 bits per heavy atom. The molecule has 0 heterocycles. The average Bonchev–Trinajstić information content (AvgIpc) is 2.50. The maximum absolute atomic E-state index is 3.66. The van der Waals surface area contributed by atoms with Crippen LogP contribution in [0.15, 0.2) is 0 Å². The van der Waals surface area contributed by atoms with Gasteiger partial charge in [-0.25, -0.2) is 5.43 Å². The van der Waals surface area contributed by atoms with Gasteiger partial charge in [0.05, 0.1) is 0 Å². The zero-order chi connectivity index (χ0) is 15.4. The molecule has 0 amide bonds. The Kier molecular flexibility index (Phi) is 19.4. The summed E-state index contributed by atoms with van der Waals surface area (Å²) in [5.41, 5.74) is 40.8. The van der Waals surface area contributed by atoms with Gasteiger partial charge in [-0.3, -0.25) is 0 Å². The molecular formula is C3H25N17S. The molecule has 0 aromatic heterocycles. The van der Waals surface area contributed by atoms with Gasteiger partial charge in [0.25, 0.3) is 0 Å². The van der Waals surface area contributed by atoms with Gasteiger partial charge < -0.3 is 0 Å². The van der Waals surface area contributed by atoms with Gasteiger partial charge in [0, 0.05) is 6.54 Å². The Balaban J connectivity index is 2.90. The van der Waals surface area contributed by atoms with Crippen LogP contribution in [0.5, 0.6) is 0 Å². The van der Waals surface area contributed by atoms with E-state index >= 15 is 0 Å². The fraction of sp³-hybridized carbons (Fsp3) is 1.00. The van der Waals surface area contributed by atoms with Crippen molar-refractivity contribution >= 4 is 12.8 Å². The monoisotopic (exact) mass is 331 g/mol. The smallest absolute Gasteiger partial charge is 0.0111 e. The molecule has 0 aliphatic carbocycles. The molecule has 0 bridgehead atoms. The summed E-state index contributed by atoms with van der Waals surface area (Å²) in [5, 5.41) is 0. The van der Waals surface area contributed by atoms with Gasteiger partial charge in [0.2, 0.25) is 0 Å². The van der Waals surface area contributed by atoms with Crippen molar-refractivity contribution < 1.29 is 0 Å². The van der Waals surface area contributed by atoms with Crippen molar-refractivity contribution in [3.05, 3.63) is 0 Å². The quantitative estimate of drug-likeness (QED) is 0.0639. The van der Waals surface area contributed by atoms with Gasteiger partial charge in [0.1, 0.15) is 0 Å². The van der Waals surface area contributed by atoms with Gasteiger partial charge in [-0.05, 0) is 6.42 Å². The van der Waals surface area contributed by atoms with E-state index in [4.69, 9.17) is 0 Å². The summed E-state index contributed by atoms with van der Waals surface area (Å²) < 4.78 is 0. The third-order valence-corrected chi connectivity index (χ3v) is 1.51. The number of hydrogen-bond donors (Lipinski definition) is 18. The molecule has 0 aromatic carbocycles. The lowest BCUT2D eigenvalue weighted by atomic mass is 10.5. The zero-order valence-electron chi connectivity index (χ0n) is 11.4. The van der Waals surface area contributed by atoms with Crippen LogP contribution in [0.2, 0.25) is 0 Å². The van der Waals surface area contributed by atoms with Gasteiger partial charge in [-0.1, -0.05) is 19.7 Å². The standard InChI is InChI=1S/C3H25N17S/c1-2-3-4-5-6-7-8-9-10-11-12-13-14-15-16-17-18-19-20-21/h4-21H,2-3H2,1H3. The molecule has 0 fully saturated rings. The average molecular weight is 331 g/mol. The summed E-state index contributed by atoms with van der Waals surface area (Å²) in [6.07, 6.45) is 1.03. The van der Waals surface area contributed by atoms with Crippen LogP contribution in [0.1, 0.15) is 13.3 Å². The van der Waals surface area contributed by atoms with Crippen molar-refractivity contribution in [3.8, 4) is 0 Å². The first kappa shape index (κ1) is 20.7. The van der Waals surface area contributed by atoms with E-state index in [0.29, 0.717) is 0 Å². The van der Waals surface area contributed by atoms with E-state index in [2.05, 4.69) is 113 Å². The molecule has 18 heteroatoms. The van der Waals surface area contributed by atoms with E-state index in [-0.39, 0.29) is 0 Å². The van der Waals surface area contributed by atoms with Crippen LogP contribution >= 0.6 is 12.8 Å². The molecule has 21 heavy (non-hydrogen) atoms. The first-order chi connectivity index (χ1) is 10.4. The molecule has 0 atom stereocenters. The Morgan fingerprint density at radius 1 is 0.524 bits per heavy atom. The van der Waals surface area contributed by atoms with Gasteiger partial charge in [-0.15, -0.1) is 0 Å². The second-order valence-electron chi connectivity index (χ2n) is 2.91. The molecule has 0 aliphatic heterocycles. The van der Waals surface area contributed by atoms with Gasteiger partial charge in [-0.2, -0.15) is 87.9 Å². The van der Waals surface area contributed by atoms with Crippen molar-refractivity contribution in [2.45, 2.75) is 13.3 Å². The minimum absolute atomic E-state index is 0.849. The van der Waals surface area contributed by atoms with E-state index in [1.165, 1.54) is 0 Å². The molecule has 0 unspecified atom stereocenters. The van der Waals surface area contributed by atoms with Gasteiger partial charge in [0.15, 0.2) is 0 Å². The lowest BCUT2D eigenvalue weighted by Gasteiger charge is -2.14. The highest BCUT2D eigenvalue weighted by Crippen LogP contribution is 1.62. The molecule has 0 radical (unpaired) electrons. The predicted molar refractivity (Wildman–Crippen MR) is 77.5 cm³/mol. The second kappa shape index (κ2) is 19.7. The number of hydrazine groups is 16. The molecule has 0 aliphatic rings. The first-order valence-electron chi connectivity index (χ1n) is 5.78. The van der Waals surface area contributed by atoms with Crippen LogP contribution in [0.3, 0.4) is 0 Å². The SMILES string of the molecule is CCCNNNNNNNNNNNNNNNNNS. The van der Waals surface area contributed by atoms with Crippen molar-refractivity contribution in [2.75, 3.05) is 6.54 Å². The molecule has 0 rings (SSSR count). The summed E-state index contributed by atoms with van der Waals surface area (Å²) in [5.74, 6) is 0. The van der Waals surface area contributed by atoms with Crippen LogP contribution in [0.4, 0.5) is 0 Å². The number of thiol groups is 1. The molecule has 0 saturated heterocycles. The van der Waals surface area contributed by atoms with Gasteiger partial charge >= 0.3 is 0 Å². The van der Waals surface area contributed by atoms with Crippen LogP contribution < -0.4 is 93.3 Å². The Morgan fingerprint density at radius 3 is 1.19 bits per heavy atom. The zero-order valence-corrected chi connectivity index (χ0v) is 12.3. The highest BCUT2D eigenvalue weighted by Gasteiger charge is 1.83. The maximum atomic E-state index is 3.66. The summed E-state index contributed by atoms with van der Waals surface area (Å²) in [7, 11) is 0.